The third-order valence-corrected chi connectivity index (χ3v) is 5.36. The molecule has 2 aliphatic heterocycles. The fourth-order valence-corrected chi connectivity index (χ4v) is 3.90. The van der Waals surface area contributed by atoms with Gasteiger partial charge in [0.2, 0.25) is 0 Å². The van der Waals surface area contributed by atoms with Crippen LogP contribution in [0.2, 0.25) is 0 Å². The topological polar surface area (TPSA) is 61.1 Å². The highest BCUT2D eigenvalue weighted by Gasteiger charge is 2.24. The molecule has 0 amide bonds. The molecule has 0 spiro atoms. The maximum atomic E-state index is 12.9. The Hall–Kier alpha value is -3.03. The van der Waals surface area contributed by atoms with Crippen LogP contribution in [0.3, 0.4) is 0 Å². The molecule has 0 unspecified atom stereocenters. The number of aromatic nitrogens is 3. The van der Waals surface area contributed by atoms with Crippen molar-refractivity contribution in [3.63, 3.8) is 0 Å². The van der Waals surface area contributed by atoms with Crippen molar-refractivity contribution in [1.29, 1.82) is 0 Å². The van der Waals surface area contributed by atoms with E-state index in [0.717, 1.165) is 54.6 Å². The Morgan fingerprint density at radius 3 is 2.72 bits per heavy atom. The first-order valence-electron chi connectivity index (χ1n) is 9.93. The van der Waals surface area contributed by atoms with Crippen LogP contribution in [0, 0.1) is 6.92 Å². The van der Waals surface area contributed by atoms with Crippen LogP contribution in [0.15, 0.2) is 30.5 Å². The summed E-state index contributed by atoms with van der Waals surface area (Å²) < 4.78 is 31.9. The minimum absolute atomic E-state index is 0.143. The normalized spacial score (nSPS) is 17.0. The van der Waals surface area contributed by atoms with Gasteiger partial charge in [-0.25, -0.2) is 13.9 Å². The summed E-state index contributed by atoms with van der Waals surface area (Å²) in [5.41, 5.74) is 2.12. The van der Waals surface area contributed by atoms with Crippen molar-refractivity contribution < 1.29 is 18.6 Å². The maximum absolute atomic E-state index is 12.9. The van der Waals surface area contributed by atoms with Crippen molar-refractivity contribution in [2.75, 3.05) is 31.2 Å². The van der Waals surface area contributed by atoms with E-state index >= 15 is 0 Å². The van der Waals surface area contributed by atoms with E-state index in [1.807, 2.05) is 31.2 Å². The van der Waals surface area contributed by atoms with Gasteiger partial charge in [-0.1, -0.05) is 0 Å². The predicted octanol–water partition coefficient (Wildman–Crippen LogP) is 3.33. The molecule has 1 saturated heterocycles. The average molecular weight is 398 g/mol. The number of benzene rings is 1. The number of rotatable bonds is 4. The molecule has 8 heteroatoms. The number of hydrogen-bond acceptors (Lipinski definition) is 6. The molecule has 4 heterocycles. The molecule has 0 atom stereocenters. The molecule has 1 aromatic carbocycles. The summed E-state index contributed by atoms with van der Waals surface area (Å²) in [4.78, 5) is 6.49. The van der Waals surface area contributed by atoms with E-state index in [1.54, 1.807) is 10.7 Å². The third kappa shape index (κ3) is 3.54. The van der Waals surface area contributed by atoms with Gasteiger partial charge in [-0.2, -0.15) is 0 Å². The molecule has 1 fully saturated rings. The van der Waals surface area contributed by atoms with Crippen LogP contribution in [-0.4, -0.2) is 47.0 Å². The minimum atomic E-state index is -0.583. The monoisotopic (exact) mass is 398 g/mol. The maximum Gasteiger partial charge on any atom is 0.165 e. The standard InChI is InChI=1S/C21H23FN4O3/c1-14-10-20-23-15(12-22)13-26(20)24-21(14)25-6-4-16(5-7-25)29-17-2-3-18-19(11-17)28-9-8-27-18/h2-3,10-11,13,16H,4-9,12H2,1H3. The predicted molar refractivity (Wildman–Crippen MR) is 106 cm³/mol. The molecule has 0 bridgehead atoms. The van der Waals surface area contributed by atoms with E-state index in [-0.39, 0.29) is 6.10 Å². The van der Waals surface area contributed by atoms with Crippen molar-refractivity contribution in [1.82, 2.24) is 14.6 Å². The molecular formula is C21H23FN4O3. The smallest absolute Gasteiger partial charge is 0.165 e. The lowest BCUT2D eigenvalue weighted by Gasteiger charge is -2.33. The second-order valence-corrected chi connectivity index (χ2v) is 7.43. The van der Waals surface area contributed by atoms with E-state index in [1.165, 1.54) is 0 Å². The minimum Gasteiger partial charge on any atom is -0.490 e. The molecule has 0 saturated carbocycles. The Bertz CT molecular complexity index is 1030. The zero-order chi connectivity index (χ0) is 19.8. The number of piperidine rings is 1. The lowest BCUT2D eigenvalue weighted by molar-refractivity contribution is 0.159. The number of alkyl halides is 1. The number of anilines is 1. The molecule has 2 aromatic heterocycles. The van der Waals surface area contributed by atoms with Crippen molar-refractivity contribution in [3.05, 3.63) is 41.7 Å². The molecular weight excluding hydrogens is 375 g/mol. The highest BCUT2D eigenvalue weighted by molar-refractivity contribution is 5.53. The first-order chi connectivity index (χ1) is 14.2. The number of nitrogens with zero attached hydrogens (tertiary/aromatic N) is 4. The summed E-state index contributed by atoms with van der Waals surface area (Å²) in [6.07, 6.45) is 3.58. The van der Waals surface area contributed by atoms with Gasteiger partial charge in [0.15, 0.2) is 23.0 Å². The summed E-state index contributed by atoms with van der Waals surface area (Å²) in [6, 6.07) is 7.69. The molecule has 3 aromatic rings. The molecule has 152 valence electrons. The fraction of sp³-hybridized carbons (Fsp3) is 0.429. The summed E-state index contributed by atoms with van der Waals surface area (Å²) in [5, 5.41) is 4.67. The largest absolute Gasteiger partial charge is 0.490 e. The Labute approximate surface area is 168 Å². The van der Waals surface area contributed by atoms with Gasteiger partial charge in [-0.15, -0.1) is 5.10 Å². The van der Waals surface area contributed by atoms with Gasteiger partial charge < -0.3 is 19.1 Å². The van der Waals surface area contributed by atoms with Crippen LogP contribution in [0.25, 0.3) is 5.65 Å². The molecule has 7 nitrogen and oxygen atoms in total. The Morgan fingerprint density at radius 2 is 1.93 bits per heavy atom. The van der Waals surface area contributed by atoms with Crippen molar-refractivity contribution in [3.8, 4) is 17.2 Å². The van der Waals surface area contributed by atoms with E-state index in [4.69, 9.17) is 14.2 Å². The van der Waals surface area contributed by atoms with Crippen LogP contribution in [0.1, 0.15) is 24.1 Å². The molecule has 2 aliphatic rings. The number of aryl methyl sites for hydroxylation is 1. The first-order valence-corrected chi connectivity index (χ1v) is 9.93. The molecule has 0 radical (unpaired) electrons. The van der Waals surface area contributed by atoms with E-state index < -0.39 is 6.67 Å². The van der Waals surface area contributed by atoms with Crippen LogP contribution in [-0.2, 0) is 6.67 Å². The van der Waals surface area contributed by atoms with Gasteiger partial charge in [0.25, 0.3) is 0 Å². The van der Waals surface area contributed by atoms with Crippen molar-refractivity contribution >= 4 is 11.5 Å². The SMILES string of the molecule is Cc1cc2nc(CF)cn2nc1N1CCC(Oc2ccc3c(c2)OCCO3)CC1. The van der Waals surface area contributed by atoms with Gasteiger partial charge in [-0.3, -0.25) is 0 Å². The third-order valence-electron chi connectivity index (χ3n) is 5.36. The quantitative estimate of drug-likeness (QED) is 0.672. The van der Waals surface area contributed by atoms with Gasteiger partial charge in [0.1, 0.15) is 31.7 Å². The van der Waals surface area contributed by atoms with Crippen LogP contribution < -0.4 is 19.1 Å². The van der Waals surface area contributed by atoms with Gasteiger partial charge in [0.05, 0.1) is 11.9 Å². The van der Waals surface area contributed by atoms with Crippen molar-refractivity contribution in [2.24, 2.45) is 0 Å². The zero-order valence-corrected chi connectivity index (χ0v) is 16.3. The fourth-order valence-electron chi connectivity index (χ4n) is 3.90. The number of fused-ring (bicyclic) bond motifs is 2. The highest BCUT2D eigenvalue weighted by Crippen LogP contribution is 2.34. The second-order valence-electron chi connectivity index (χ2n) is 7.43. The summed E-state index contributed by atoms with van der Waals surface area (Å²) >= 11 is 0. The number of ether oxygens (including phenoxy) is 3. The average Bonchev–Trinajstić information content (AvgIpc) is 3.16. The second kappa shape index (κ2) is 7.42. The molecule has 29 heavy (non-hydrogen) atoms. The van der Waals surface area contributed by atoms with Crippen LogP contribution >= 0.6 is 0 Å². The summed E-state index contributed by atoms with van der Waals surface area (Å²) in [7, 11) is 0. The van der Waals surface area contributed by atoms with Crippen LogP contribution in [0.5, 0.6) is 17.2 Å². The van der Waals surface area contributed by atoms with Crippen LogP contribution in [0.4, 0.5) is 10.2 Å². The van der Waals surface area contributed by atoms with E-state index in [0.29, 0.717) is 24.6 Å². The number of halogens is 1. The first kappa shape index (κ1) is 18.0. The molecule has 0 N–H and O–H groups in total. The van der Waals surface area contributed by atoms with E-state index in [2.05, 4.69) is 15.0 Å². The van der Waals surface area contributed by atoms with Crippen molar-refractivity contribution in [2.45, 2.75) is 32.5 Å². The lowest BCUT2D eigenvalue weighted by Crippen LogP contribution is -2.39. The summed E-state index contributed by atoms with van der Waals surface area (Å²) in [5.74, 6) is 3.23. The van der Waals surface area contributed by atoms with Gasteiger partial charge >= 0.3 is 0 Å². The van der Waals surface area contributed by atoms with Gasteiger partial charge in [0, 0.05) is 32.0 Å². The lowest BCUT2D eigenvalue weighted by atomic mass is 10.1. The Kier molecular flexibility index (Phi) is 4.61. The Morgan fingerprint density at radius 1 is 1.14 bits per heavy atom. The molecule has 0 aliphatic carbocycles. The zero-order valence-electron chi connectivity index (χ0n) is 16.3. The number of imidazole rings is 1. The highest BCUT2D eigenvalue weighted by atomic mass is 19.1. The Balaban J connectivity index is 1.26. The summed E-state index contributed by atoms with van der Waals surface area (Å²) in [6.45, 7) is 4.27. The van der Waals surface area contributed by atoms with E-state index in [9.17, 15) is 4.39 Å². The molecule has 5 rings (SSSR count). The van der Waals surface area contributed by atoms with Gasteiger partial charge in [-0.05, 0) is 30.7 Å². The number of hydrogen-bond donors (Lipinski definition) is 0.